The van der Waals surface area contributed by atoms with Crippen LogP contribution in [-0.2, 0) is 0 Å². The summed E-state index contributed by atoms with van der Waals surface area (Å²) in [5, 5.41) is 0. The average molecular weight is 230 g/mol. The van der Waals surface area contributed by atoms with Crippen LogP contribution in [0.25, 0.3) is 0 Å². The fraction of sp³-hybridized carbons (Fsp3) is 0.375. The molecule has 1 aromatic rings. The number of hydrogen-bond acceptors (Lipinski definition) is 3. The highest BCUT2D eigenvalue weighted by molar-refractivity contribution is 9.10. The summed E-state index contributed by atoms with van der Waals surface area (Å²) < 4.78 is 0.993. The minimum Gasteiger partial charge on any atom is -0.358 e. The van der Waals surface area contributed by atoms with Crippen LogP contribution in [0.1, 0.15) is 0 Å². The van der Waals surface area contributed by atoms with Crippen molar-refractivity contribution in [2.24, 2.45) is 5.73 Å². The van der Waals surface area contributed by atoms with E-state index in [0.29, 0.717) is 6.54 Å². The van der Waals surface area contributed by atoms with E-state index in [4.69, 9.17) is 5.73 Å². The second-order valence-corrected chi connectivity index (χ2v) is 3.46. The Bertz CT molecular complexity index is 235. The van der Waals surface area contributed by atoms with Gasteiger partial charge in [0.25, 0.3) is 0 Å². The third-order valence-corrected chi connectivity index (χ3v) is 2.04. The van der Waals surface area contributed by atoms with Crippen molar-refractivity contribution in [2.45, 2.75) is 0 Å². The minimum atomic E-state index is 0.647. The first kappa shape index (κ1) is 9.48. The molecule has 0 spiro atoms. The molecule has 0 aromatic carbocycles. The van der Waals surface area contributed by atoms with E-state index in [1.165, 1.54) is 0 Å². The summed E-state index contributed by atoms with van der Waals surface area (Å²) in [5.74, 6) is 0.948. The Morgan fingerprint density at radius 1 is 1.58 bits per heavy atom. The van der Waals surface area contributed by atoms with Gasteiger partial charge in [0.2, 0.25) is 0 Å². The quantitative estimate of drug-likeness (QED) is 0.849. The van der Waals surface area contributed by atoms with Crippen molar-refractivity contribution in [3.05, 3.63) is 22.8 Å². The lowest BCUT2D eigenvalue weighted by atomic mass is 10.4. The summed E-state index contributed by atoms with van der Waals surface area (Å²) in [6.07, 6.45) is 1.78. The standard InChI is InChI=1S/C8H12BrN3/c1-12(5-4-10)8-3-2-7(9)6-11-8/h2-3,6H,4-5,10H2,1H3. The molecule has 0 fully saturated rings. The number of nitrogens with zero attached hydrogens (tertiary/aromatic N) is 2. The van der Waals surface area contributed by atoms with Crippen molar-refractivity contribution < 1.29 is 0 Å². The Kier molecular flexibility index (Phi) is 3.49. The summed E-state index contributed by atoms with van der Waals surface area (Å²) in [5.41, 5.74) is 5.42. The number of hydrogen-bond donors (Lipinski definition) is 1. The summed E-state index contributed by atoms with van der Waals surface area (Å²) in [6.45, 7) is 1.48. The molecule has 0 saturated carbocycles. The normalized spacial score (nSPS) is 9.92. The topological polar surface area (TPSA) is 42.1 Å². The molecule has 1 heterocycles. The third kappa shape index (κ3) is 2.46. The Balaban J connectivity index is 2.68. The summed E-state index contributed by atoms with van der Waals surface area (Å²) in [4.78, 5) is 6.24. The number of anilines is 1. The van der Waals surface area contributed by atoms with Gasteiger partial charge in [0.15, 0.2) is 0 Å². The fourth-order valence-electron chi connectivity index (χ4n) is 0.902. The molecule has 1 aromatic heterocycles. The molecule has 0 radical (unpaired) electrons. The van der Waals surface area contributed by atoms with Gasteiger partial charge in [-0.15, -0.1) is 0 Å². The molecule has 0 unspecified atom stereocenters. The van der Waals surface area contributed by atoms with Crippen LogP contribution in [0.15, 0.2) is 22.8 Å². The highest BCUT2D eigenvalue weighted by Crippen LogP contribution is 2.12. The molecule has 12 heavy (non-hydrogen) atoms. The van der Waals surface area contributed by atoms with Gasteiger partial charge in [0.1, 0.15) is 5.82 Å². The maximum absolute atomic E-state index is 5.42. The van der Waals surface area contributed by atoms with Crippen LogP contribution < -0.4 is 10.6 Å². The van der Waals surface area contributed by atoms with Gasteiger partial charge in [-0.3, -0.25) is 0 Å². The molecule has 0 aliphatic heterocycles. The van der Waals surface area contributed by atoms with Crippen LogP contribution in [0.2, 0.25) is 0 Å². The van der Waals surface area contributed by atoms with E-state index in [9.17, 15) is 0 Å². The van der Waals surface area contributed by atoms with Gasteiger partial charge in [0.05, 0.1) is 0 Å². The fourth-order valence-corrected chi connectivity index (χ4v) is 1.14. The molecule has 0 saturated heterocycles. The highest BCUT2D eigenvalue weighted by atomic mass is 79.9. The Morgan fingerprint density at radius 3 is 2.83 bits per heavy atom. The van der Waals surface area contributed by atoms with Crippen molar-refractivity contribution in [1.82, 2.24) is 4.98 Å². The van der Waals surface area contributed by atoms with Crippen molar-refractivity contribution in [2.75, 3.05) is 25.0 Å². The molecule has 1 rings (SSSR count). The Labute approximate surface area is 80.7 Å². The van der Waals surface area contributed by atoms with Crippen molar-refractivity contribution >= 4 is 21.7 Å². The van der Waals surface area contributed by atoms with Crippen LogP contribution in [0.3, 0.4) is 0 Å². The van der Waals surface area contributed by atoms with Crippen LogP contribution >= 0.6 is 15.9 Å². The zero-order chi connectivity index (χ0) is 8.97. The van der Waals surface area contributed by atoms with Crippen molar-refractivity contribution in [1.29, 1.82) is 0 Å². The van der Waals surface area contributed by atoms with Crippen LogP contribution in [0, 0.1) is 0 Å². The lowest BCUT2D eigenvalue weighted by Crippen LogP contribution is -2.25. The smallest absolute Gasteiger partial charge is 0.128 e. The van der Waals surface area contributed by atoms with Gasteiger partial charge >= 0.3 is 0 Å². The van der Waals surface area contributed by atoms with E-state index in [0.717, 1.165) is 16.8 Å². The van der Waals surface area contributed by atoms with E-state index < -0.39 is 0 Å². The SMILES string of the molecule is CN(CCN)c1ccc(Br)cn1. The van der Waals surface area contributed by atoms with E-state index >= 15 is 0 Å². The zero-order valence-electron chi connectivity index (χ0n) is 7.00. The maximum atomic E-state index is 5.42. The number of rotatable bonds is 3. The van der Waals surface area contributed by atoms with Gasteiger partial charge in [-0.2, -0.15) is 0 Å². The highest BCUT2D eigenvalue weighted by Gasteiger charge is 1.99. The molecule has 66 valence electrons. The lowest BCUT2D eigenvalue weighted by molar-refractivity contribution is 0.868. The first-order valence-corrected chi connectivity index (χ1v) is 4.56. The van der Waals surface area contributed by atoms with E-state index in [2.05, 4.69) is 20.9 Å². The van der Waals surface area contributed by atoms with Gasteiger partial charge in [0, 0.05) is 30.8 Å². The van der Waals surface area contributed by atoms with E-state index in [1.807, 2.05) is 24.1 Å². The molecule has 0 atom stereocenters. The number of halogens is 1. The number of pyridine rings is 1. The second kappa shape index (κ2) is 4.42. The summed E-state index contributed by atoms with van der Waals surface area (Å²) in [7, 11) is 1.98. The van der Waals surface area contributed by atoms with Gasteiger partial charge in [-0.25, -0.2) is 4.98 Å². The summed E-state index contributed by atoms with van der Waals surface area (Å²) >= 11 is 3.33. The molecule has 0 aliphatic rings. The molecular weight excluding hydrogens is 218 g/mol. The Hall–Kier alpha value is -0.610. The Morgan fingerprint density at radius 2 is 2.33 bits per heavy atom. The molecule has 0 amide bonds. The first-order valence-electron chi connectivity index (χ1n) is 3.77. The molecule has 3 nitrogen and oxygen atoms in total. The molecule has 2 N–H and O–H groups in total. The molecular formula is C8H12BrN3. The minimum absolute atomic E-state index is 0.647. The monoisotopic (exact) mass is 229 g/mol. The van der Waals surface area contributed by atoms with Crippen LogP contribution in [-0.4, -0.2) is 25.1 Å². The zero-order valence-corrected chi connectivity index (χ0v) is 8.58. The van der Waals surface area contributed by atoms with Crippen molar-refractivity contribution in [3.63, 3.8) is 0 Å². The number of likely N-dealkylation sites (N-methyl/N-ethyl adjacent to an activating group) is 1. The predicted octanol–water partition coefficient (Wildman–Crippen LogP) is 1.24. The molecule has 0 bridgehead atoms. The largest absolute Gasteiger partial charge is 0.358 e. The van der Waals surface area contributed by atoms with Crippen LogP contribution in [0.4, 0.5) is 5.82 Å². The van der Waals surface area contributed by atoms with Gasteiger partial charge in [-0.1, -0.05) is 0 Å². The average Bonchev–Trinajstić information content (AvgIpc) is 2.06. The van der Waals surface area contributed by atoms with Gasteiger partial charge < -0.3 is 10.6 Å². The van der Waals surface area contributed by atoms with Crippen LogP contribution in [0.5, 0.6) is 0 Å². The first-order chi connectivity index (χ1) is 5.74. The molecule has 0 aliphatic carbocycles. The van der Waals surface area contributed by atoms with Crippen molar-refractivity contribution in [3.8, 4) is 0 Å². The second-order valence-electron chi connectivity index (χ2n) is 2.54. The third-order valence-electron chi connectivity index (χ3n) is 1.57. The number of nitrogens with two attached hydrogens (primary N) is 1. The predicted molar refractivity (Wildman–Crippen MR) is 54.3 cm³/mol. The van der Waals surface area contributed by atoms with Gasteiger partial charge in [-0.05, 0) is 28.1 Å². The maximum Gasteiger partial charge on any atom is 0.128 e. The lowest BCUT2D eigenvalue weighted by Gasteiger charge is -2.16. The molecule has 4 heteroatoms. The van der Waals surface area contributed by atoms with E-state index in [1.54, 1.807) is 6.20 Å². The van der Waals surface area contributed by atoms with E-state index in [-0.39, 0.29) is 0 Å². The number of aromatic nitrogens is 1. The summed E-state index contributed by atoms with van der Waals surface area (Å²) in [6, 6.07) is 3.93.